The first-order valence-electron chi connectivity index (χ1n) is 11.5. The number of fused-ring (bicyclic) bond motifs is 1. The maximum Gasteiger partial charge on any atom is 0.122 e. The highest BCUT2D eigenvalue weighted by Crippen LogP contribution is 2.30. The molecule has 5 rings (SSSR count). The maximum absolute atomic E-state index is 5.63. The summed E-state index contributed by atoms with van der Waals surface area (Å²) in [5.74, 6) is 1.06. The number of benzene rings is 3. The summed E-state index contributed by atoms with van der Waals surface area (Å²) in [7, 11) is 0. The van der Waals surface area contributed by atoms with Gasteiger partial charge in [0.15, 0.2) is 0 Å². The van der Waals surface area contributed by atoms with Gasteiger partial charge in [-0.3, -0.25) is 4.98 Å². The highest BCUT2D eigenvalue weighted by molar-refractivity contribution is 5.66. The predicted molar refractivity (Wildman–Crippen MR) is 136 cm³/mol. The van der Waals surface area contributed by atoms with Crippen molar-refractivity contribution >= 4 is 0 Å². The summed E-state index contributed by atoms with van der Waals surface area (Å²) < 4.78 is 5.63. The zero-order valence-corrected chi connectivity index (χ0v) is 19.6. The molecule has 0 unspecified atom stereocenters. The van der Waals surface area contributed by atoms with Crippen molar-refractivity contribution < 1.29 is 4.74 Å². The van der Waals surface area contributed by atoms with Crippen molar-refractivity contribution in [2.75, 3.05) is 6.61 Å². The average molecular weight is 424 g/mol. The molecule has 0 saturated heterocycles. The van der Waals surface area contributed by atoms with Gasteiger partial charge in [-0.05, 0) is 72.7 Å². The van der Waals surface area contributed by atoms with Gasteiger partial charge in [0.2, 0.25) is 0 Å². The molecule has 0 radical (unpaired) electrons. The van der Waals surface area contributed by atoms with Crippen LogP contribution >= 0.6 is 0 Å². The summed E-state index contributed by atoms with van der Waals surface area (Å²) in [6.45, 7) is 9.07. The minimum atomic E-state index is 0.858. The van der Waals surface area contributed by atoms with Crippen molar-refractivity contribution in [1.29, 1.82) is 0 Å². The van der Waals surface area contributed by atoms with E-state index in [2.05, 4.69) is 91.6 Å². The van der Waals surface area contributed by atoms with Crippen LogP contribution in [0.5, 0.6) is 5.75 Å². The van der Waals surface area contributed by atoms with Crippen LogP contribution in [-0.2, 0) is 6.42 Å². The molecule has 0 bridgehead atoms. The van der Waals surface area contributed by atoms with Crippen molar-refractivity contribution in [3.8, 4) is 28.0 Å². The van der Waals surface area contributed by atoms with Gasteiger partial charge in [-0.1, -0.05) is 85.6 Å². The number of hydrogen-bond donors (Lipinski definition) is 0. The molecule has 32 heavy (non-hydrogen) atoms. The molecule has 2 nitrogen and oxygen atoms in total. The lowest BCUT2D eigenvalue weighted by Crippen LogP contribution is -2.07. The Morgan fingerprint density at radius 3 is 2.12 bits per heavy atom. The summed E-state index contributed by atoms with van der Waals surface area (Å²) in [4.78, 5) is 4.09. The van der Waals surface area contributed by atoms with Crippen LogP contribution in [0, 0.1) is 13.8 Å². The molecule has 1 aromatic heterocycles. The molecule has 164 valence electrons. The van der Waals surface area contributed by atoms with Gasteiger partial charge in [-0.2, -0.15) is 0 Å². The lowest BCUT2D eigenvalue weighted by Gasteiger charge is -2.18. The van der Waals surface area contributed by atoms with Crippen LogP contribution in [0.1, 0.15) is 37.0 Å². The van der Waals surface area contributed by atoms with Crippen LogP contribution in [-0.4, -0.2) is 11.6 Å². The summed E-state index contributed by atoms with van der Waals surface area (Å²) in [6, 6.07) is 27.6. The molecule has 2 heterocycles. The number of aryl methyl sites for hydroxylation is 3. The number of hydrogen-bond acceptors (Lipinski definition) is 2. The van der Waals surface area contributed by atoms with E-state index >= 15 is 0 Å². The van der Waals surface area contributed by atoms with Crippen LogP contribution < -0.4 is 4.74 Å². The second-order valence-corrected chi connectivity index (χ2v) is 7.75. The van der Waals surface area contributed by atoms with E-state index in [1.165, 1.54) is 38.9 Å². The van der Waals surface area contributed by atoms with Crippen molar-refractivity contribution in [2.45, 2.75) is 40.5 Å². The molecule has 0 spiro atoms. The fourth-order valence-corrected chi connectivity index (χ4v) is 3.64. The third-order valence-corrected chi connectivity index (χ3v) is 5.31. The Bertz CT molecular complexity index is 1100. The van der Waals surface area contributed by atoms with Gasteiger partial charge in [0, 0.05) is 12.4 Å². The Morgan fingerprint density at radius 1 is 0.688 bits per heavy atom. The first kappa shape index (κ1) is 23.3. The van der Waals surface area contributed by atoms with Crippen LogP contribution in [0.25, 0.3) is 22.3 Å². The summed E-state index contributed by atoms with van der Waals surface area (Å²) in [5, 5.41) is 0. The van der Waals surface area contributed by atoms with Crippen LogP contribution in [0.3, 0.4) is 0 Å². The second-order valence-electron chi connectivity index (χ2n) is 7.75. The third-order valence-electron chi connectivity index (χ3n) is 5.31. The Kier molecular flexibility index (Phi) is 8.62. The minimum absolute atomic E-state index is 0.858. The van der Waals surface area contributed by atoms with E-state index in [1.807, 2.05) is 26.1 Å². The Balaban J connectivity index is 0.000000173. The van der Waals surface area contributed by atoms with E-state index in [-0.39, 0.29) is 0 Å². The fraction of sp³-hybridized carbons (Fsp3) is 0.233. The first-order chi connectivity index (χ1) is 15.7. The maximum atomic E-state index is 5.63. The van der Waals surface area contributed by atoms with Gasteiger partial charge in [-0.25, -0.2) is 0 Å². The van der Waals surface area contributed by atoms with Crippen molar-refractivity contribution in [2.24, 2.45) is 0 Å². The van der Waals surface area contributed by atoms with E-state index in [9.17, 15) is 0 Å². The van der Waals surface area contributed by atoms with E-state index in [4.69, 9.17) is 4.74 Å². The second kappa shape index (κ2) is 11.9. The van der Waals surface area contributed by atoms with Crippen LogP contribution in [0.15, 0.2) is 91.3 Å². The van der Waals surface area contributed by atoms with Gasteiger partial charge in [-0.15, -0.1) is 0 Å². The number of aromatic nitrogens is 1. The Hall–Kier alpha value is -3.39. The quantitative estimate of drug-likeness (QED) is 0.325. The largest absolute Gasteiger partial charge is 0.493 e. The minimum Gasteiger partial charge on any atom is -0.493 e. The average Bonchev–Trinajstić information content (AvgIpc) is 2.86. The zero-order chi connectivity index (χ0) is 22.8. The molecule has 0 amide bonds. The molecule has 4 aromatic rings. The molecule has 2 heteroatoms. The van der Waals surface area contributed by atoms with E-state index in [1.54, 1.807) is 6.20 Å². The molecular formula is C30H33NO. The Morgan fingerprint density at radius 2 is 1.41 bits per heavy atom. The molecule has 1 aliphatic rings. The van der Waals surface area contributed by atoms with E-state index in [0.717, 1.165) is 25.2 Å². The molecule has 0 N–H and O–H groups in total. The number of pyridine rings is 1. The Labute approximate surface area is 192 Å². The smallest absolute Gasteiger partial charge is 0.122 e. The monoisotopic (exact) mass is 423 g/mol. The lowest BCUT2D eigenvalue weighted by atomic mass is 9.98. The SMILES string of the molecule is CC.Cc1ccc(-c2ccc3c(c2)CCCO3)cc1.Cc1cccc(-c2cccnc2)c1. The van der Waals surface area contributed by atoms with Gasteiger partial charge in [0.05, 0.1) is 6.61 Å². The van der Waals surface area contributed by atoms with Crippen molar-refractivity contribution in [1.82, 2.24) is 4.98 Å². The fourth-order valence-electron chi connectivity index (χ4n) is 3.64. The van der Waals surface area contributed by atoms with Gasteiger partial charge in [0.25, 0.3) is 0 Å². The molecule has 0 atom stereocenters. The lowest BCUT2D eigenvalue weighted by molar-refractivity contribution is 0.288. The number of ether oxygens (including phenoxy) is 1. The first-order valence-corrected chi connectivity index (χ1v) is 11.5. The molecule has 0 fully saturated rings. The highest BCUT2D eigenvalue weighted by Gasteiger charge is 2.10. The van der Waals surface area contributed by atoms with E-state index < -0.39 is 0 Å². The van der Waals surface area contributed by atoms with Crippen molar-refractivity contribution in [3.63, 3.8) is 0 Å². The normalized spacial score (nSPS) is 11.6. The predicted octanol–water partition coefficient (Wildman–Crippen LogP) is 8.07. The van der Waals surface area contributed by atoms with E-state index in [0.29, 0.717) is 0 Å². The molecular weight excluding hydrogens is 390 g/mol. The molecule has 3 aromatic carbocycles. The van der Waals surface area contributed by atoms with Gasteiger partial charge >= 0.3 is 0 Å². The van der Waals surface area contributed by atoms with Crippen LogP contribution in [0.2, 0.25) is 0 Å². The summed E-state index contributed by atoms with van der Waals surface area (Å²) in [6.07, 6.45) is 5.94. The standard InChI is InChI=1S/C16H16O.C12H11N.C2H6/c1-12-4-6-13(7-5-12)14-8-9-16-15(11-14)3-2-10-17-16;1-10-4-2-5-11(8-10)12-6-3-7-13-9-12;1-2/h4-9,11H,2-3,10H2,1H3;2-9H,1H3;1-2H3. The van der Waals surface area contributed by atoms with Crippen molar-refractivity contribution in [3.05, 3.63) is 108 Å². The molecule has 0 aliphatic carbocycles. The van der Waals surface area contributed by atoms with Crippen LogP contribution in [0.4, 0.5) is 0 Å². The number of nitrogens with zero attached hydrogens (tertiary/aromatic N) is 1. The van der Waals surface area contributed by atoms with Gasteiger partial charge in [0.1, 0.15) is 5.75 Å². The molecule has 1 aliphatic heterocycles. The number of rotatable bonds is 2. The highest BCUT2D eigenvalue weighted by atomic mass is 16.5. The zero-order valence-electron chi connectivity index (χ0n) is 19.6. The topological polar surface area (TPSA) is 22.1 Å². The summed E-state index contributed by atoms with van der Waals surface area (Å²) in [5.41, 5.74) is 8.89. The summed E-state index contributed by atoms with van der Waals surface area (Å²) >= 11 is 0. The third kappa shape index (κ3) is 6.31. The molecule has 0 saturated carbocycles. The van der Waals surface area contributed by atoms with Gasteiger partial charge < -0.3 is 4.74 Å².